The van der Waals surface area contributed by atoms with Gasteiger partial charge in [0.15, 0.2) is 0 Å². The van der Waals surface area contributed by atoms with Crippen LogP contribution < -0.4 is 0 Å². The molecule has 0 amide bonds. The minimum atomic E-state index is 0.973. The van der Waals surface area contributed by atoms with Crippen molar-refractivity contribution in [2.24, 2.45) is 14.1 Å². The summed E-state index contributed by atoms with van der Waals surface area (Å²) in [6, 6.07) is 56.6. The Balaban J connectivity index is 0.961. The molecule has 8 aromatic carbocycles. The van der Waals surface area contributed by atoms with Crippen molar-refractivity contribution < 1.29 is 0 Å². The Kier molecular flexibility index (Phi) is 6.27. The minimum Gasteiger partial charge on any atom is -0.327 e. The predicted octanol–water partition coefficient (Wildman–Crippen LogP) is 11.6. The van der Waals surface area contributed by atoms with E-state index in [0.717, 1.165) is 44.8 Å². The van der Waals surface area contributed by atoms with Gasteiger partial charge in [0.05, 0.1) is 22.1 Å². The molecule has 0 fully saturated rings. The van der Waals surface area contributed by atoms with Crippen LogP contribution in [0.5, 0.6) is 0 Å². The molecule has 0 bridgehead atoms. The van der Waals surface area contributed by atoms with Crippen molar-refractivity contribution in [2.75, 3.05) is 0 Å². The van der Waals surface area contributed by atoms with Crippen LogP contribution in [0.3, 0.4) is 0 Å². The highest BCUT2D eigenvalue weighted by Crippen LogP contribution is 2.35. The fourth-order valence-electron chi connectivity index (χ4n) is 7.70. The number of benzene rings is 8. The van der Waals surface area contributed by atoms with Gasteiger partial charge in [-0.3, -0.25) is 0 Å². The number of nitrogens with zero attached hydrogens (tertiary/aromatic N) is 4. The van der Waals surface area contributed by atoms with Gasteiger partial charge in [-0.25, -0.2) is 9.97 Å². The van der Waals surface area contributed by atoms with Gasteiger partial charge in [0.25, 0.3) is 0 Å². The SMILES string of the molecule is Cn1c(-c2ccc(-c3ccc4c(-c5ccc(-c6nc7c8ccccc8ccc7n6C)cc5)cccc4c3)cc2)nc2c3ccccc3ccc21. The molecule has 0 atom stereocenters. The number of imidazole rings is 2. The Labute approximate surface area is 289 Å². The highest BCUT2D eigenvalue weighted by atomic mass is 15.1. The van der Waals surface area contributed by atoms with E-state index in [1.54, 1.807) is 0 Å². The number of hydrogen-bond donors (Lipinski definition) is 0. The van der Waals surface area contributed by atoms with Crippen molar-refractivity contribution in [1.82, 2.24) is 19.1 Å². The summed E-state index contributed by atoms with van der Waals surface area (Å²) in [5.41, 5.74) is 11.4. The molecule has 2 heterocycles. The molecule has 0 spiro atoms. The van der Waals surface area contributed by atoms with Gasteiger partial charge in [-0.05, 0) is 62.0 Å². The summed E-state index contributed by atoms with van der Waals surface area (Å²) in [7, 11) is 4.20. The normalized spacial score (nSPS) is 11.8. The third-order valence-corrected chi connectivity index (χ3v) is 10.4. The van der Waals surface area contributed by atoms with Gasteiger partial charge in [0.1, 0.15) is 11.6 Å². The number of hydrogen-bond acceptors (Lipinski definition) is 2. The summed E-state index contributed by atoms with van der Waals surface area (Å²) in [4.78, 5) is 10.2. The third kappa shape index (κ3) is 4.39. The Morgan fingerprint density at radius 3 is 1.42 bits per heavy atom. The molecule has 2 aromatic heterocycles. The summed E-state index contributed by atoms with van der Waals surface area (Å²) >= 11 is 0. The standard InChI is InChI=1S/C46H32N4/c1-49-41-26-23-30-8-3-5-11-39(30)43(41)47-45(49)33-18-14-29(15-19-33)35-22-25-38-36(28-35)10-7-13-37(38)32-16-20-34(21-17-32)46-48-44-40-12-6-4-9-31(40)24-27-42(44)50(46)2/h3-28H,1-2H3. The maximum atomic E-state index is 5.11. The zero-order chi connectivity index (χ0) is 33.3. The summed E-state index contributed by atoms with van der Waals surface area (Å²) in [5, 5.41) is 7.25. The molecule has 4 nitrogen and oxygen atoms in total. The zero-order valence-corrected chi connectivity index (χ0v) is 27.8. The van der Waals surface area contributed by atoms with Crippen molar-refractivity contribution in [2.45, 2.75) is 0 Å². The molecule has 0 saturated heterocycles. The molecule has 0 aliphatic rings. The molecular weight excluding hydrogens is 609 g/mol. The number of fused-ring (bicyclic) bond motifs is 7. The van der Waals surface area contributed by atoms with Crippen LogP contribution in [0.15, 0.2) is 158 Å². The Bertz CT molecular complexity index is 2930. The fraction of sp³-hybridized carbons (Fsp3) is 0.0435. The predicted molar refractivity (Wildman–Crippen MR) is 209 cm³/mol. The van der Waals surface area contributed by atoms with Gasteiger partial charge >= 0.3 is 0 Å². The summed E-state index contributed by atoms with van der Waals surface area (Å²) in [6.45, 7) is 0. The smallest absolute Gasteiger partial charge is 0.140 e. The lowest BCUT2D eigenvalue weighted by atomic mass is 9.94. The summed E-state index contributed by atoms with van der Waals surface area (Å²) in [5.74, 6) is 1.95. The molecule has 4 heteroatoms. The lowest BCUT2D eigenvalue weighted by Gasteiger charge is -2.11. The van der Waals surface area contributed by atoms with E-state index < -0.39 is 0 Å². The molecule has 10 rings (SSSR count). The monoisotopic (exact) mass is 640 g/mol. The van der Waals surface area contributed by atoms with E-state index in [2.05, 4.69) is 181 Å². The Hall–Kier alpha value is -6.52. The first-order valence-corrected chi connectivity index (χ1v) is 17.0. The maximum Gasteiger partial charge on any atom is 0.140 e. The van der Waals surface area contributed by atoms with Crippen LogP contribution in [-0.2, 0) is 14.1 Å². The van der Waals surface area contributed by atoms with Gasteiger partial charge < -0.3 is 9.13 Å². The average Bonchev–Trinajstić information content (AvgIpc) is 3.71. The van der Waals surface area contributed by atoms with Gasteiger partial charge in [-0.1, -0.05) is 140 Å². The fourth-order valence-corrected chi connectivity index (χ4v) is 7.70. The van der Waals surface area contributed by atoms with E-state index >= 15 is 0 Å². The molecule has 10 aromatic rings. The van der Waals surface area contributed by atoms with E-state index in [1.165, 1.54) is 54.6 Å². The Morgan fingerprint density at radius 1 is 0.360 bits per heavy atom. The first-order valence-electron chi connectivity index (χ1n) is 17.0. The van der Waals surface area contributed by atoms with Crippen molar-refractivity contribution in [3.8, 4) is 45.0 Å². The van der Waals surface area contributed by atoms with Crippen molar-refractivity contribution in [3.05, 3.63) is 158 Å². The number of rotatable bonds is 4. The van der Waals surface area contributed by atoms with E-state index in [1.807, 2.05) is 0 Å². The molecule has 0 radical (unpaired) electrons. The topological polar surface area (TPSA) is 35.6 Å². The van der Waals surface area contributed by atoms with Gasteiger partial charge in [0, 0.05) is 36.0 Å². The Morgan fingerprint density at radius 2 is 0.840 bits per heavy atom. The van der Waals surface area contributed by atoms with Crippen LogP contribution >= 0.6 is 0 Å². The molecular formula is C46H32N4. The first kappa shape index (κ1) is 28.5. The molecule has 0 saturated carbocycles. The second-order valence-corrected chi connectivity index (χ2v) is 13.2. The minimum absolute atomic E-state index is 0.973. The lowest BCUT2D eigenvalue weighted by molar-refractivity contribution is 0.959. The van der Waals surface area contributed by atoms with Crippen LogP contribution in [0.1, 0.15) is 0 Å². The van der Waals surface area contributed by atoms with Crippen molar-refractivity contribution in [1.29, 1.82) is 0 Å². The second-order valence-electron chi connectivity index (χ2n) is 13.2. The first-order chi connectivity index (χ1) is 24.6. The third-order valence-electron chi connectivity index (χ3n) is 10.4. The highest BCUT2D eigenvalue weighted by molar-refractivity contribution is 6.06. The van der Waals surface area contributed by atoms with E-state index in [0.29, 0.717) is 0 Å². The lowest BCUT2D eigenvalue weighted by Crippen LogP contribution is -1.92. The maximum absolute atomic E-state index is 5.11. The van der Waals surface area contributed by atoms with Crippen LogP contribution in [-0.4, -0.2) is 19.1 Å². The summed E-state index contributed by atoms with van der Waals surface area (Å²) in [6.07, 6.45) is 0. The van der Waals surface area contributed by atoms with Crippen molar-refractivity contribution in [3.63, 3.8) is 0 Å². The zero-order valence-electron chi connectivity index (χ0n) is 27.8. The molecule has 0 aliphatic heterocycles. The van der Waals surface area contributed by atoms with Crippen LogP contribution in [0.25, 0.3) is 99.4 Å². The second kappa shape index (κ2) is 11.0. The molecule has 0 N–H and O–H groups in total. The van der Waals surface area contributed by atoms with Crippen LogP contribution in [0.4, 0.5) is 0 Å². The van der Waals surface area contributed by atoms with Crippen molar-refractivity contribution >= 4 is 54.4 Å². The van der Waals surface area contributed by atoms with E-state index in [9.17, 15) is 0 Å². The number of aryl methyl sites for hydroxylation is 2. The molecule has 0 aliphatic carbocycles. The average molecular weight is 641 g/mol. The largest absolute Gasteiger partial charge is 0.327 e. The molecule has 0 unspecified atom stereocenters. The van der Waals surface area contributed by atoms with E-state index in [4.69, 9.17) is 9.97 Å². The molecule has 50 heavy (non-hydrogen) atoms. The molecule has 236 valence electrons. The highest BCUT2D eigenvalue weighted by Gasteiger charge is 2.15. The quantitative estimate of drug-likeness (QED) is 0.192. The summed E-state index contributed by atoms with van der Waals surface area (Å²) < 4.78 is 4.39. The van der Waals surface area contributed by atoms with Crippen LogP contribution in [0.2, 0.25) is 0 Å². The van der Waals surface area contributed by atoms with Gasteiger partial charge in [-0.15, -0.1) is 0 Å². The van der Waals surface area contributed by atoms with Gasteiger partial charge in [-0.2, -0.15) is 0 Å². The van der Waals surface area contributed by atoms with Gasteiger partial charge in [0.2, 0.25) is 0 Å². The number of aromatic nitrogens is 4. The van der Waals surface area contributed by atoms with Crippen LogP contribution in [0, 0.1) is 0 Å². The van der Waals surface area contributed by atoms with E-state index in [-0.39, 0.29) is 0 Å².